The number of halogens is 1. The number of allylic oxidation sites excluding steroid dienone is 1. The van der Waals surface area contributed by atoms with Crippen LogP contribution in [0.2, 0.25) is 0 Å². The van der Waals surface area contributed by atoms with Crippen LogP contribution in [-0.2, 0) is 4.79 Å². The van der Waals surface area contributed by atoms with Crippen molar-refractivity contribution in [3.8, 4) is 5.75 Å². The van der Waals surface area contributed by atoms with Gasteiger partial charge >= 0.3 is 0 Å². The molecule has 3 rings (SSSR count). The molecule has 1 amide bonds. The summed E-state index contributed by atoms with van der Waals surface area (Å²) in [5, 5.41) is 9.91. The fourth-order valence-electron chi connectivity index (χ4n) is 4.87. The van der Waals surface area contributed by atoms with Crippen LogP contribution in [0.25, 0.3) is 0 Å². The number of carbonyl (C=O) groups excluding carboxylic acids is 1. The molecule has 218 valence electrons. The Morgan fingerprint density at radius 1 is 1.21 bits per heavy atom. The maximum absolute atomic E-state index is 12.8. The van der Waals surface area contributed by atoms with E-state index < -0.39 is 12.3 Å². The summed E-state index contributed by atoms with van der Waals surface area (Å²) >= 11 is 0. The van der Waals surface area contributed by atoms with Crippen molar-refractivity contribution in [2.24, 2.45) is 10.7 Å². The third kappa shape index (κ3) is 10.4. The molecule has 1 aromatic carbocycles. The summed E-state index contributed by atoms with van der Waals surface area (Å²) in [6.07, 6.45) is 9.46. The first-order chi connectivity index (χ1) is 18.6. The van der Waals surface area contributed by atoms with Gasteiger partial charge < -0.3 is 20.5 Å². The van der Waals surface area contributed by atoms with Crippen molar-refractivity contribution in [1.82, 2.24) is 4.90 Å². The molecule has 39 heavy (non-hydrogen) atoms. The third-order valence-corrected chi connectivity index (χ3v) is 7.39. The van der Waals surface area contributed by atoms with Crippen molar-refractivity contribution < 1.29 is 19.0 Å². The molecule has 0 bridgehead atoms. The van der Waals surface area contributed by atoms with Crippen molar-refractivity contribution in [3.05, 3.63) is 53.3 Å². The zero-order chi connectivity index (χ0) is 28.8. The van der Waals surface area contributed by atoms with Gasteiger partial charge in [-0.2, -0.15) is 0 Å². The largest absolute Gasteiger partial charge is 0.490 e. The summed E-state index contributed by atoms with van der Waals surface area (Å²) in [5.74, 6) is 0.822. The molecule has 0 aromatic heterocycles. The predicted molar refractivity (Wildman–Crippen MR) is 159 cm³/mol. The van der Waals surface area contributed by atoms with Gasteiger partial charge in [-0.3, -0.25) is 9.79 Å². The van der Waals surface area contributed by atoms with Crippen LogP contribution in [0, 0.1) is 6.92 Å². The number of hydrogen-bond donors (Lipinski definition) is 2. The number of aryl methyl sites for hydroxylation is 1. The molecule has 1 saturated carbocycles. The Hall–Kier alpha value is -2.67. The summed E-state index contributed by atoms with van der Waals surface area (Å²) in [7, 11) is 0. The Labute approximate surface area is 235 Å². The number of rotatable bonds is 11. The molecule has 7 heteroatoms. The van der Waals surface area contributed by atoms with E-state index in [2.05, 4.69) is 50.5 Å². The minimum atomic E-state index is -1.29. The summed E-state index contributed by atoms with van der Waals surface area (Å²) < 4.78 is 18.9. The van der Waals surface area contributed by atoms with E-state index in [1.54, 1.807) is 4.90 Å². The van der Waals surface area contributed by atoms with Crippen LogP contribution in [0.4, 0.5) is 4.39 Å². The number of alkyl halides is 1. The highest BCUT2D eigenvalue weighted by molar-refractivity contribution is 6.09. The van der Waals surface area contributed by atoms with Crippen molar-refractivity contribution in [2.45, 2.75) is 104 Å². The van der Waals surface area contributed by atoms with E-state index in [9.17, 15) is 14.3 Å². The number of amides is 1. The second-order valence-electron chi connectivity index (χ2n) is 11.1. The number of nitrogens with two attached hydrogens (primary N) is 1. The van der Waals surface area contributed by atoms with Crippen LogP contribution in [0.3, 0.4) is 0 Å². The van der Waals surface area contributed by atoms with Gasteiger partial charge in [0.1, 0.15) is 18.1 Å². The van der Waals surface area contributed by atoms with Gasteiger partial charge in [0.15, 0.2) is 0 Å². The van der Waals surface area contributed by atoms with Crippen LogP contribution < -0.4 is 10.5 Å². The Balaban J connectivity index is 0.000000293. The lowest BCUT2D eigenvalue weighted by Gasteiger charge is -2.36. The minimum absolute atomic E-state index is 0.231. The smallest absolute Gasteiger partial charge is 0.270 e. The molecule has 1 aliphatic carbocycles. The van der Waals surface area contributed by atoms with Crippen molar-refractivity contribution in [1.29, 1.82) is 0 Å². The van der Waals surface area contributed by atoms with E-state index in [-0.39, 0.29) is 24.4 Å². The zero-order valence-corrected chi connectivity index (χ0v) is 24.6. The van der Waals surface area contributed by atoms with Crippen LogP contribution >= 0.6 is 0 Å². The van der Waals surface area contributed by atoms with Crippen LogP contribution in [0.15, 0.2) is 52.7 Å². The molecule has 6 nitrogen and oxygen atoms in total. The Morgan fingerprint density at radius 3 is 2.49 bits per heavy atom. The first kappa shape index (κ1) is 32.5. The van der Waals surface area contributed by atoms with Crippen LogP contribution in [0.1, 0.15) is 90.5 Å². The van der Waals surface area contributed by atoms with Gasteiger partial charge in [-0.05, 0) is 70.4 Å². The second kappa shape index (κ2) is 16.4. The Bertz CT molecular complexity index is 996. The number of aliphatic hydroxyl groups is 1. The van der Waals surface area contributed by atoms with Crippen LogP contribution in [-0.4, -0.2) is 59.6 Å². The molecule has 1 heterocycles. The normalized spacial score (nSPS) is 19.7. The fraction of sp³-hybridized carbons (Fsp3) is 0.625. The summed E-state index contributed by atoms with van der Waals surface area (Å²) in [5.41, 5.74) is 8.99. The predicted octanol–water partition coefficient (Wildman–Crippen LogP) is 6.46. The summed E-state index contributed by atoms with van der Waals surface area (Å²) in [4.78, 5) is 18.7. The van der Waals surface area contributed by atoms with Gasteiger partial charge in [-0.1, -0.05) is 63.5 Å². The summed E-state index contributed by atoms with van der Waals surface area (Å²) in [6.45, 7) is 12.7. The average molecular weight is 544 g/mol. The molecule has 2 fully saturated rings. The van der Waals surface area contributed by atoms with E-state index in [1.165, 1.54) is 31.2 Å². The van der Waals surface area contributed by atoms with Gasteiger partial charge in [-0.25, -0.2) is 4.39 Å². The van der Waals surface area contributed by atoms with Crippen molar-refractivity contribution in [3.63, 3.8) is 0 Å². The number of aliphatic imine (C=N–C) groups is 1. The molecule has 1 aromatic rings. The van der Waals surface area contributed by atoms with E-state index in [4.69, 9.17) is 10.5 Å². The highest BCUT2D eigenvalue weighted by Crippen LogP contribution is 2.27. The lowest BCUT2D eigenvalue weighted by molar-refractivity contribution is -0.132. The molecule has 1 atom stereocenters. The second-order valence-corrected chi connectivity index (χ2v) is 11.1. The number of benzene rings is 1. The standard InChI is InChI=1S/C17H26FN3O2.C15H24O/c1-12(2)10-20-14-5-3-4-13(14)15(19)16(22)21-8-6-17(23,11-18)7-9-21;1-4-6-11-14(9-5-2)16-15-12-8-7-10-13(15)3/h23H,1,3-11,19H2,2H3;7-8,10,12,14H,4-6,9,11H2,1-3H3/b15-13-,20-14?;. The SMILES string of the molecule is C=C(C)CN=C1CCC/C1=C(/N)C(=O)N1CCC(O)(CF)CC1.CCCCC(CCC)Oc1ccccc1C. The Morgan fingerprint density at radius 2 is 1.90 bits per heavy atom. The topological polar surface area (TPSA) is 88.2 Å². The van der Waals surface area contributed by atoms with E-state index in [1.807, 2.05) is 13.0 Å². The number of unbranched alkanes of at least 4 members (excludes halogenated alkanes) is 1. The van der Waals surface area contributed by atoms with Crippen LogP contribution in [0.5, 0.6) is 5.75 Å². The average Bonchev–Trinajstić information content (AvgIpc) is 3.40. The number of ether oxygens (including phenoxy) is 1. The molecule has 3 N–H and O–H groups in total. The number of likely N-dealkylation sites (tertiary alicyclic amines) is 1. The lowest BCUT2D eigenvalue weighted by atomic mass is 9.92. The fourth-order valence-corrected chi connectivity index (χ4v) is 4.87. The monoisotopic (exact) mass is 543 g/mol. The van der Waals surface area contributed by atoms with Gasteiger partial charge in [-0.15, -0.1) is 0 Å². The number of para-hydroxylation sites is 1. The molecule has 2 aliphatic rings. The Kier molecular flexibility index (Phi) is 13.7. The number of hydrogen-bond acceptors (Lipinski definition) is 5. The van der Waals surface area contributed by atoms with Gasteiger partial charge in [0.2, 0.25) is 0 Å². The first-order valence-electron chi connectivity index (χ1n) is 14.6. The van der Waals surface area contributed by atoms with Gasteiger partial charge in [0.25, 0.3) is 5.91 Å². The maximum atomic E-state index is 12.8. The van der Waals surface area contributed by atoms with Gasteiger partial charge in [0.05, 0.1) is 18.2 Å². The number of carbonyl (C=O) groups is 1. The molecule has 1 saturated heterocycles. The van der Waals surface area contributed by atoms with E-state index in [0.29, 0.717) is 25.7 Å². The third-order valence-electron chi connectivity index (χ3n) is 7.39. The van der Waals surface area contributed by atoms with E-state index in [0.717, 1.165) is 48.3 Å². The first-order valence-corrected chi connectivity index (χ1v) is 14.6. The maximum Gasteiger partial charge on any atom is 0.270 e. The molecule has 0 spiro atoms. The number of piperidine rings is 1. The van der Waals surface area contributed by atoms with Crippen molar-refractivity contribution in [2.75, 3.05) is 26.3 Å². The highest BCUT2D eigenvalue weighted by Gasteiger charge is 2.35. The number of nitrogens with zero attached hydrogens (tertiary/aromatic N) is 2. The molecular weight excluding hydrogens is 493 g/mol. The quantitative estimate of drug-likeness (QED) is 0.248. The molecule has 1 aliphatic heterocycles. The molecule has 0 radical (unpaired) electrons. The minimum Gasteiger partial charge on any atom is -0.490 e. The molecular formula is C32H50FN3O3. The van der Waals surface area contributed by atoms with E-state index >= 15 is 0 Å². The summed E-state index contributed by atoms with van der Waals surface area (Å²) in [6, 6.07) is 8.29. The highest BCUT2D eigenvalue weighted by atomic mass is 19.1. The molecule has 1 unspecified atom stereocenters. The zero-order valence-electron chi connectivity index (χ0n) is 24.6. The lowest BCUT2D eigenvalue weighted by Crippen LogP contribution is -2.49. The van der Waals surface area contributed by atoms with Crippen molar-refractivity contribution >= 4 is 11.6 Å². The van der Waals surface area contributed by atoms with Gasteiger partial charge in [0, 0.05) is 24.4 Å².